The Balaban J connectivity index is 2.04. The van der Waals surface area contributed by atoms with Gasteiger partial charge in [0.05, 0.1) is 5.39 Å². The van der Waals surface area contributed by atoms with Crippen molar-refractivity contribution in [1.82, 2.24) is 39.2 Å². The molecular weight excluding hydrogens is 280 g/mol. The molecule has 5 aromatic rings. The molecule has 0 unspecified atom stereocenters. The van der Waals surface area contributed by atoms with E-state index < -0.39 is 0 Å². The summed E-state index contributed by atoms with van der Waals surface area (Å²) in [4.78, 5) is 0. The predicted molar refractivity (Wildman–Crippen MR) is 79.2 cm³/mol. The highest BCUT2D eigenvalue weighted by Crippen LogP contribution is 2.25. The zero-order chi connectivity index (χ0) is 14.7. The van der Waals surface area contributed by atoms with E-state index in [9.17, 15) is 0 Å². The summed E-state index contributed by atoms with van der Waals surface area (Å²) in [5, 5.41) is 22.3. The lowest BCUT2D eigenvalue weighted by atomic mass is 10.2. The van der Waals surface area contributed by atoms with Gasteiger partial charge < -0.3 is 0 Å². The summed E-state index contributed by atoms with van der Waals surface area (Å²) in [5.74, 6) is 0.730. The number of aromatic nitrogens is 8. The van der Waals surface area contributed by atoms with Gasteiger partial charge in [-0.1, -0.05) is 30.3 Å². The SMILES string of the molecule is Cn1cc2c(n1)c1nnc(-c3ccccc3)n1n1cnnc21. The fourth-order valence-electron chi connectivity index (χ4n) is 2.77. The lowest BCUT2D eigenvalue weighted by Crippen LogP contribution is -2.02. The molecule has 1 aromatic carbocycles. The van der Waals surface area contributed by atoms with Gasteiger partial charge in [0.1, 0.15) is 11.8 Å². The van der Waals surface area contributed by atoms with Gasteiger partial charge in [-0.25, -0.2) is 9.03 Å². The molecule has 0 fully saturated rings. The molecule has 0 bridgehead atoms. The van der Waals surface area contributed by atoms with Gasteiger partial charge in [-0.05, 0) is 0 Å². The summed E-state index contributed by atoms with van der Waals surface area (Å²) in [7, 11) is 1.87. The Hall–Kier alpha value is -3.29. The van der Waals surface area contributed by atoms with Gasteiger partial charge in [0, 0.05) is 18.8 Å². The molecule has 106 valence electrons. The van der Waals surface area contributed by atoms with Crippen LogP contribution in [0.15, 0.2) is 42.9 Å². The summed E-state index contributed by atoms with van der Waals surface area (Å²) in [6, 6.07) is 9.90. The van der Waals surface area contributed by atoms with E-state index in [-0.39, 0.29) is 0 Å². The smallest absolute Gasteiger partial charge is 0.205 e. The first-order chi connectivity index (χ1) is 10.8. The second-order valence-corrected chi connectivity index (χ2v) is 5.09. The molecule has 0 atom stereocenters. The topological polar surface area (TPSA) is 78.2 Å². The second kappa shape index (κ2) is 3.88. The molecule has 4 heterocycles. The fraction of sp³-hybridized carbons (Fsp3) is 0.0714. The maximum Gasteiger partial charge on any atom is 0.205 e. The quantitative estimate of drug-likeness (QED) is 0.465. The van der Waals surface area contributed by atoms with Crippen LogP contribution >= 0.6 is 0 Å². The van der Waals surface area contributed by atoms with Gasteiger partial charge in [-0.3, -0.25) is 4.68 Å². The predicted octanol–water partition coefficient (Wildman–Crippen LogP) is 1.33. The molecule has 0 saturated carbocycles. The monoisotopic (exact) mass is 290 g/mol. The van der Waals surface area contributed by atoms with E-state index >= 15 is 0 Å². The van der Waals surface area contributed by atoms with Gasteiger partial charge >= 0.3 is 0 Å². The normalized spacial score (nSPS) is 11.9. The summed E-state index contributed by atoms with van der Waals surface area (Å²) in [6.45, 7) is 0. The van der Waals surface area contributed by atoms with E-state index in [0.29, 0.717) is 5.65 Å². The molecule has 0 saturated heterocycles. The average molecular weight is 290 g/mol. The number of fused-ring (bicyclic) bond motifs is 6. The highest BCUT2D eigenvalue weighted by atomic mass is 15.5. The number of nitrogens with zero attached hydrogens (tertiary/aromatic N) is 8. The minimum atomic E-state index is 0.682. The maximum atomic E-state index is 4.49. The van der Waals surface area contributed by atoms with Crippen molar-refractivity contribution < 1.29 is 0 Å². The van der Waals surface area contributed by atoms with Crippen molar-refractivity contribution in [1.29, 1.82) is 0 Å². The molecule has 0 aliphatic heterocycles. The van der Waals surface area contributed by atoms with Crippen LogP contribution in [0.1, 0.15) is 0 Å². The summed E-state index contributed by atoms with van der Waals surface area (Å²) in [6.07, 6.45) is 3.57. The Morgan fingerprint density at radius 2 is 1.82 bits per heavy atom. The lowest BCUT2D eigenvalue weighted by molar-refractivity contribution is 0.779. The average Bonchev–Trinajstić information content (AvgIpc) is 3.23. The fourth-order valence-corrected chi connectivity index (χ4v) is 2.77. The Labute approximate surface area is 123 Å². The van der Waals surface area contributed by atoms with Crippen LogP contribution < -0.4 is 0 Å². The van der Waals surface area contributed by atoms with Gasteiger partial charge in [-0.15, -0.1) is 20.4 Å². The third-order valence-corrected chi connectivity index (χ3v) is 3.70. The van der Waals surface area contributed by atoms with Crippen molar-refractivity contribution in [3.05, 3.63) is 42.9 Å². The van der Waals surface area contributed by atoms with Crippen LogP contribution in [-0.4, -0.2) is 39.2 Å². The molecule has 8 nitrogen and oxygen atoms in total. The third-order valence-electron chi connectivity index (χ3n) is 3.70. The third kappa shape index (κ3) is 1.33. The van der Waals surface area contributed by atoms with Crippen molar-refractivity contribution in [3.63, 3.8) is 0 Å². The molecule has 0 N–H and O–H groups in total. The largest absolute Gasteiger partial charge is 0.274 e. The number of hydrogen-bond acceptors (Lipinski definition) is 5. The second-order valence-electron chi connectivity index (χ2n) is 5.09. The van der Waals surface area contributed by atoms with E-state index in [1.54, 1.807) is 11.0 Å². The highest BCUT2D eigenvalue weighted by Gasteiger charge is 2.18. The first-order valence-electron chi connectivity index (χ1n) is 6.79. The highest BCUT2D eigenvalue weighted by molar-refractivity contribution is 5.98. The maximum absolute atomic E-state index is 4.49. The summed E-state index contributed by atoms with van der Waals surface area (Å²) >= 11 is 0. The Morgan fingerprint density at radius 3 is 2.68 bits per heavy atom. The van der Waals surface area contributed by atoms with Crippen LogP contribution in [0.4, 0.5) is 0 Å². The van der Waals surface area contributed by atoms with Crippen LogP contribution in [0.5, 0.6) is 0 Å². The van der Waals surface area contributed by atoms with Crippen molar-refractivity contribution in [2.24, 2.45) is 7.05 Å². The Kier molecular flexibility index (Phi) is 2.01. The van der Waals surface area contributed by atoms with Crippen LogP contribution in [0, 0.1) is 0 Å². The Bertz CT molecular complexity index is 1130. The van der Waals surface area contributed by atoms with Crippen LogP contribution in [0.3, 0.4) is 0 Å². The van der Waals surface area contributed by atoms with Crippen molar-refractivity contribution in [3.8, 4) is 11.4 Å². The molecule has 0 radical (unpaired) electrons. The summed E-state index contributed by atoms with van der Waals surface area (Å²) < 4.78 is 5.48. The van der Waals surface area contributed by atoms with Crippen LogP contribution in [-0.2, 0) is 7.05 Å². The van der Waals surface area contributed by atoms with Crippen molar-refractivity contribution >= 4 is 22.2 Å². The molecule has 0 aliphatic rings. The van der Waals surface area contributed by atoms with E-state index in [4.69, 9.17) is 0 Å². The molecule has 0 amide bonds. The molecular formula is C14H10N8. The number of aryl methyl sites for hydroxylation is 1. The van der Waals surface area contributed by atoms with Crippen LogP contribution in [0.2, 0.25) is 0 Å². The van der Waals surface area contributed by atoms with E-state index in [1.165, 1.54) is 0 Å². The van der Waals surface area contributed by atoms with E-state index in [0.717, 1.165) is 27.9 Å². The van der Waals surface area contributed by atoms with E-state index in [1.807, 2.05) is 52.6 Å². The van der Waals surface area contributed by atoms with E-state index in [2.05, 4.69) is 25.5 Å². The standard InChI is InChI=1S/C14H10N8/c1-20-7-10-11(19-20)14-18-17-12(9-5-3-2-4-6-9)22(14)21-8-15-16-13(10)21/h2-8H,1H3. The molecule has 0 spiro atoms. The van der Waals surface area contributed by atoms with Gasteiger partial charge in [0.25, 0.3) is 0 Å². The molecule has 0 aliphatic carbocycles. The zero-order valence-electron chi connectivity index (χ0n) is 11.6. The van der Waals surface area contributed by atoms with Crippen molar-refractivity contribution in [2.75, 3.05) is 0 Å². The number of hydrogen-bond donors (Lipinski definition) is 0. The van der Waals surface area contributed by atoms with Gasteiger partial charge in [-0.2, -0.15) is 5.10 Å². The van der Waals surface area contributed by atoms with Gasteiger partial charge in [0.2, 0.25) is 5.65 Å². The first kappa shape index (κ1) is 11.4. The van der Waals surface area contributed by atoms with Gasteiger partial charge in [0.15, 0.2) is 11.5 Å². The lowest BCUT2D eigenvalue weighted by Gasteiger charge is -2.03. The minimum absolute atomic E-state index is 0.682. The number of rotatable bonds is 1. The molecule has 5 rings (SSSR count). The molecule has 22 heavy (non-hydrogen) atoms. The molecule has 8 heteroatoms. The van der Waals surface area contributed by atoms with Crippen molar-refractivity contribution in [2.45, 2.75) is 0 Å². The zero-order valence-corrected chi connectivity index (χ0v) is 11.6. The summed E-state index contributed by atoms with van der Waals surface area (Å²) in [5.41, 5.74) is 3.15. The van der Waals surface area contributed by atoms with Crippen LogP contribution in [0.25, 0.3) is 33.6 Å². The number of benzene rings is 1. The minimum Gasteiger partial charge on any atom is -0.274 e. The first-order valence-corrected chi connectivity index (χ1v) is 6.79. The molecule has 4 aromatic heterocycles. The Morgan fingerprint density at radius 1 is 0.955 bits per heavy atom.